The summed E-state index contributed by atoms with van der Waals surface area (Å²) in [5.74, 6) is 1.46. The van der Waals surface area contributed by atoms with Gasteiger partial charge >= 0.3 is 0 Å². The molecule has 0 unspecified atom stereocenters. The minimum atomic E-state index is -0.0103. The number of rotatable bonds is 4. The number of ketones is 1. The van der Waals surface area contributed by atoms with Crippen molar-refractivity contribution >= 4 is 16.8 Å². The first-order valence-corrected chi connectivity index (χ1v) is 7.34. The Balaban J connectivity index is 2.14. The van der Waals surface area contributed by atoms with Gasteiger partial charge in [0.15, 0.2) is 5.78 Å². The van der Waals surface area contributed by atoms with Crippen molar-refractivity contribution in [3.63, 3.8) is 0 Å². The van der Waals surface area contributed by atoms with Crippen molar-refractivity contribution in [3.05, 3.63) is 64.9 Å². The SMILES string of the molecule is CCc1oc2ccc(C)cc2c1C(=O)c1ccc(OC)cc1. The van der Waals surface area contributed by atoms with E-state index in [0.717, 1.165) is 28.0 Å². The number of furan rings is 1. The van der Waals surface area contributed by atoms with Gasteiger partial charge < -0.3 is 9.15 Å². The van der Waals surface area contributed by atoms with Gasteiger partial charge in [0.05, 0.1) is 12.7 Å². The summed E-state index contributed by atoms with van der Waals surface area (Å²) < 4.78 is 11.0. The lowest BCUT2D eigenvalue weighted by Crippen LogP contribution is -2.03. The number of aryl methyl sites for hydroxylation is 2. The van der Waals surface area contributed by atoms with Crippen LogP contribution in [-0.2, 0) is 6.42 Å². The van der Waals surface area contributed by atoms with Crippen LogP contribution in [0.3, 0.4) is 0 Å². The van der Waals surface area contributed by atoms with Crippen molar-refractivity contribution in [2.75, 3.05) is 7.11 Å². The number of fused-ring (bicyclic) bond motifs is 1. The minimum absolute atomic E-state index is 0.0103. The molecular formula is C19H18O3. The number of ether oxygens (including phenoxy) is 1. The van der Waals surface area contributed by atoms with E-state index in [0.29, 0.717) is 17.5 Å². The summed E-state index contributed by atoms with van der Waals surface area (Å²) in [7, 11) is 1.61. The maximum Gasteiger partial charge on any atom is 0.197 e. The number of hydrogen-bond donors (Lipinski definition) is 0. The smallest absolute Gasteiger partial charge is 0.197 e. The summed E-state index contributed by atoms with van der Waals surface area (Å²) in [6.07, 6.45) is 0.685. The zero-order chi connectivity index (χ0) is 15.7. The highest BCUT2D eigenvalue weighted by Crippen LogP contribution is 2.29. The Bertz CT molecular complexity index is 826. The number of hydrogen-bond acceptors (Lipinski definition) is 3. The Morgan fingerprint density at radius 3 is 2.50 bits per heavy atom. The first-order valence-electron chi connectivity index (χ1n) is 7.34. The Morgan fingerprint density at radius 1 is 1.14 bits per heavy atom. The third kappa shape index (κ3) is 2.39. The molecule has 3 rings (SSSR count). The van der Waals surface area contributed by atoms with Crippen molar-refractivity contribution in [1.82, 2.24) is 0 Å². The molecule has 0 spiro atoms. The summed E-state index contributed by atoms with van der Waals surface area (Å²) in [6, 6.07) is 13.1. The highest BCUT2D eigenvalue weighted by Gasteiger charge is 2.21. The second-order valence-electron chi connectivity index (χ2n) is 5.31. The summed E-state index contributed by atoms with van der Waals surface area (Å²) in [5.41, 5.74) is 3.19. The number of methoxy groups -OCH3 is 1. The second-order valence-corrected chi connectivity index (χ2v) is 5.31. The molecule has 0 saturated heterocycles. The van der Waals surface area contributed by atoms with Gasteiger partial charge in [-0.25, -0.2) is 0 Å². The lowest BCUT2D eigenvalue weighted by atomic mass is 9.98. The molecule has 112 valence electrons. The molecule has 0 amide bonds. The van der Waals surface area contributed by atoms with Gasteiger partial charge in [0.25, 0.3) is 0 Å². The van der Waals surface area contributed by atoms with Crippen molar-refractivity contribution in [3.8, 4) is 5.75 Å². The molecule has 0 radical (unpaired) electrons. The van der Waals surface area contributed by atoms with Crippen LogP contribution in [0.15, 0.2) is 46.9 Å². The van der Waals surface area contributed by atoms with E-state index in [1.54, 1.807) is 31.4 Å². The molecule has 0 fully saturated rings. The quantitative estimate of drug-likeness (QED) is 0.663. The van der Waals surface area contributed by atoms with Crippen molar-refractivity contribution < 1.29 is 13.9 Å². The van der Waals surface area contributed by atoms with Gasteiger partial charge in [-0.3, -0.25) is 4.79 Å². The van der Waals surface area contributed by atoms with Crippen molar-refractivity contribution in [1.29, 1.82) is 0 Å². The maximum atomic E-state index is 12.9. The maximum absolute atomic E-state index is 12.9. The molecule has 0 atom stereocenters. The van der Waals surface area contributed by atoms with Crippen LogP contribution >= 0.6 is 0 Å². The summed E-state index contributed by atoms with van der Waals surface area (Å²) in [4.78, 5) is 12.9. The van der Waals surface area contributed by atoms with Crippen LogP contribution in [0.5, 0.6) is 5.75 Å². The van der Waals surface area contributed by atoms with Gasteiger partial charge in [-0.15, -0.1) is 0 Å². The van der Waals surface area contributed by atoms with E-state index in [1.165, 1.54) is 0 Å². The minimum Gasteiger partial charge on any atom is -0.497 e. The molecule has 1 heterocycles. The number of carbonyl (C=O) groups excluding carboxylic acids is 1. The zero-order valence-corrected chi connectivity index (χ0v) is 13.0. The largest absolute Gasteiger partial charge is 0.497 e. The molecule has 3 aromatic rings. The fourth-order valence-corrected chi connectivity index (χ4v) is 2.65. The van der Waals surface area contributed by atoms with Crippen LogP contribution in [0.25, 0.3) is 11.0 Å². The Morgan fingerprint density at radius 2 is 1.86 bits per heavy atom. The molecule has 3 heteroatoms. The van der Waals surface area contributed by atoms with Crippen molar-refractivity contribution in [2.24, 2.45) is 0 Å². The normalized spacial score (nSPS) is 10.9. The Kier molecular flexibility index (Phi) is 3.72. The molecule has 0 N–H and O–H groups in total. The number of carbonyl (C=O) groups is 1. The molecule has 1 aromatic heterocycles. The van der Waals surface area contributed by atoms with Crippen LogP contribution in [0.4, 0.5) is 0 Å². The first-order chi connectivity index (χ1) is 10.6. The van der Waals surface area contributed by atoms with Gasteiger partial charge in [0.2, 0.25) is 0 Å². The predicted molar refractivity (Wildman–Crippen MR) is 86.8 cm³/mol. The van der Waals surface area contributed by atoms with E-state index in [1.807, 2.05) is 32.0 Å². The molecule has 0 saturated carbocycles. The van der Waals surface area contributed by atoms with Crippen LogP contribution in [0.2, 0.25) is 0 Å². The third-order valence-corrected chi connectivity index (χ3v) is 3.82. The van der Waals surface area contributed by atoms with Gasteiger partial charge in [-0.05, 0) is 43.3 Å². The summed E-state index contributed by atoms with van der Waals surface area (Å²) in [5, 5.41) is 0.887. The topological polar surface area (TPSA) is 39.4 Å². The lowest BCUT2D eigenvalue weighted by molar-refractivity contribution is 0.103. The molecule has 3 nitrogen and oxygen atoms in total. The summed E-state index contributed by atoms with van der Waals surface area (Å²) >= 11 is 0. The van der Waals surface area contributed by atoms with Crippen LogP contribution in [0.1, 0.15) is 34.2 Å². The molecule has 2 aromatic carbocycles. The molecule has 0 aliphatic rings. The fraction of sp³-hybridized carbons (Fsp3) is 0.211. The lowest BCUT2D eigenvalue weighted by Gasteiger charge is -2.04. The average molecular weight is 294 g/mol. The van der Waals surface area contributed by atoms with E-state index >= 15 is 0 Å². The van der Waals surface area contributed by atoms with Crippen LogP contribution < -0.4 is 4.74 Å². The van der Waals surface area contributed by atoms with E-state index in [4.69, 9.17) is 9.15 Å². The second kappa shape index (κ2) is 5.68. The molecule has 0 aliphatic heterocycles. The first kappa shape index (κ1) is 14.4. The van der Waals surface area contributed by atoms with Crippen LogP contribution in [0, 0.1) is 6.92 Å². The molecule has 0 bridgehead atoms. The van der Waals surface area contributed by atoms with Crippen molar-refractivity contribution in [2.45, 2.75) is 20.3 Å². The monoisotopic (exact) mass is 294 g/mol. The fourth-order valence-electron chi connectivity index (χ4n) is 2.65. The third-order valence-electron chi connectivity index (χ3n) is 3.82. The highest BCUT2D eigenvalue weighted by molar-refractivity contribution is 6.17. The summed E-state index contributed by atoms with van der Waals surface area (Å²) in [6.45, 7) is 4.01. The Hall–Kier alpha value is -2.55. The number of benzene rings is 2. The van der Waals surface area contributed by atoms with Gasteiger partial charge in [0.1, 0.15) is 17.1 Å². The van der Waals surface area contributed by atoms with Gasteiger partial charge in [-0.1, -0.05) is 18.6 Å². The van der Waals surface area contributed by atoms with Gasteiger partial charge in [0, 0.05) is 17.4 Å². The van der Waals surface area contributed by atoms with E-state index in [9.17, 15) is 4.79 Å². The van der Waals surface area contributed by atoms with E-state index in [-0.39, 0.29) is 5.78 Å². The molecular weight excluding hydrogens is 276 g/mol. The Labute approximate surface area is 129 Å². The standard InChI is InChI=1S/C19H18O3/c1-4-16-18(15-11-12(2)5-10-17(15)22-16)19(20)13-6-8-14(21-3)9-7-13/h5-11H,4H2,1-3H3. The molecule has 22 heavy (non-hydrogen) atoms. The predicted octanol–water partition coefficient (Wildman–Crippen LogP) is 4.54. The zero-order valence-electron chi connectivity index (χ0n) is 13.0. The van der Waals surface area contributed by atoms with Gasteiger partial charge in [-0.2, -0.15) is 0 Å². The van der Waals surface area contributed by atoms with Crippen LogP contribution in [-0.4, -0.2) is 12.9 Å². The molecule has 0 aliphatic carbocycles. The van der Waals surface area contributed by atoms with E-state index in [2.05, 4.69) is 0 Å². The highest BCUT2D eigenvalue weighted by atomic mass is 16.5. The average Bonchev–Trinajstić information content (AvgIpc) is 2.92. The van der Waals surface area contributed by atoms with E-state index < -0.39 is 0 Å².